The van der Waals surface area contributed by atoms with Gasteiger partial charge in [0.2, 0.25) is 0 Å². The molecule has 32 heavy (non-hydrogen) atoms. The topological polar surface area (TPSA) is 96.9 Å². The Balaban J connectivity index is 1.61. The Labute approximate surface area is 184 Å². The van der Waals surface area contributed by atoms with E-state index >= 15 is 0 Å². The van der Waals surface area contributed by atoms with Gasteiger partial charge in [-0.1, -0.05) is 42.5 Å². The Morgan fingerprint density at radius 1 is 1.19 bits per heavy atom. The summed E-state index contributed by atoms with van der Waals surface area (Å²) in [6.45, 7) is 4.09. The summed E-state index contributed by atoms with van der Waals surface area (Å²) in [5, 5.41) is 5.37. The number of nitrogens with zero attached hydrogens (tertiary/aromatic N) is 2. The molecule has 0 radical (unpaired) electrons. The molecule has 0 bridgehead atoms. The second-order valence-corrected chi connectivity index (χ2v) is 8.33. The van der Waals surface area contributed by atoms with Crippen molar-refractivity contribution in [3.63, 3.8) is 0 Å². The molecule has 1 fully saturated rings. The Morgan fingerprint density at radius 3 is 2.69 bits per heavy atom. The first-order chi connectivity index (χ1) is 15.5. The van der Waals surface area contributed by atoms with E-state index in [1.165, 1.54) is 4.57 Å². The number of carbonyl (C=O) groups excluding carboxylic acids is 1. The van der Waals surface area contributed by atoms with Crippen LogP contribution in [0.25, 0.3) is 21.8 Å². The summed E-state index contributed by atoms with van der Waals surface area (Å²) in [5.74, 6) is -0.0901. The second kappa shape index (κ2) is 7.75. The second-order valence-electron chi connectivity index (χ2n) is 8.33. The summed E-state index contributed by atoms with van der Waals surface area (Å²) in [7, 11) is 0. The van der Waals surface area contributed by atoms with Crippen LogP contribution in [0.4, 0.5) is 0 Å². The highest BCUT2D eigenvalue weighted by molar-refractivity contribution is 6.05. The van der Waals surface area contributed by atoms with Crippen molar-refractivity contribution in [3.8, 4) is 0 Å². The molecule has 1 atom stereocenters. The van der Waals surface area contributed by atoms with E-state index in [-0.39, 0.29) is 34.5 Å². The monoisotopic (exact) mass is 428 g/mol. The summed E-state index contributed by atoms with van der Waals surface area (Å²) in [6.07, 6.45) is 1.98. The third kappa shape index (κ3) is 3.39. The highest BCUT2D eigenvalue weighted by atomic mass is 16.2. The molecule has 1 aliphatic carbocycles. The highest BCUT2D eigenvalue weighted by Gasteiger charge is 2.29. The van der Waals surface area contributed by atoms with E-state index in [0.29, 0.717) is 6.54 Å². The number of aromatic amines is 1. The molecule has 2 aromatic carbocycles. The van der Waals surface area contributed by atoms with E-state index in [1.54, 1.807) is 6.07 Å². The first-order valence-corrected chi connectivity index (χ1v) is 10.9. The number of hydrogen-bond donors (Lipinski definition) is 2. The van der Waals surface area contributed by atoms with Gasteiger partial charge in [-0.2, -0.15) is 0 Å². The molecule has 7 nitrogen and oxygen atoms in total. The minimum absolute atomic E-state index is 0.151. The van der Waals surface area contributed by atoms with E-state index < -0.39 is 11.2 Å². The average molecular weight is 428 g/mol. The number of rotatable bonds is 5. The van der Waals surface area contributed by atoms with Gasteiger partial charge < -0.3 is 5.32 Å². The van der Waals surface area contributed by atoms with Gasteiger partial charge in [0.1, 0.15) is 0 Å². The Hall–Kier alpha value is -3.74. The standard InChI is InChI=1S/C25H24N4O3/c1-3-29-22-21(24(31)28-25(29)32)19(13-20(27-22)16-11-12-16)23(30)26-14(2)17-10-6-8-15-7-4-5-9-18(15)17/h4-10,13-14,16H,3,11-12H2,1-2H3,(H,26,30)(H,28,31,32). The lowest BCUT2D eigenvalue weighted by atomic mass is 9.99. The van der Waals surface area contributed by atoms with E-state index in [0.717, 1.165) is 34.9 Å². The van der Waals surface area contributed by atoms with Crippen molar-refractivity contribution in [3.05, 3.63) is 86.2 Å². The first-order valence-electron chi connectivity index (χ1n) is 10.9. The van der Waals surface area contributed by atoms with Crippen LogP contribution in [0, 0.1) is 0 Å². The van der Waals surface area contributed by atoms with Gasteiger partial charge in [-0.25, -0.2) is 9.78 Å². The minimum Gasteiger partial charge on any atom is -0.345 e. The third-order valence-corrected chi connectivity index (χ3v) is 6.16. The van der Waals surface area contributed by atoms with Crippen LogP contribution < -0.4 is 16.6 Å². The van der Waals surface area contributed by atoms with Crippen molar-refractivity contribution in [2.45, 2.75) is 45.2 Å². The molecule has 0 aliphatic heterocycles. The number of H-pyrrole nitrogens is 1. The largest absolute Gasteiger partial charge is 0.345 e. The van der Waals surface area contributed by atoms with Crippen LogP contribution >= 0.6 is 0 Å². The zero-order valence-corrected chi connectivity index (χ0v) is 18.0. The van der Waals surface area contributed by atoms with E-state index in [1.807, 2.05) is 56.3 Å². The zero-order valence-electron chi connectivity index (χ0n) is 18.0. The molecule has 0 spiro atoms. The summed E-state index contributed by atoms with van der Waals surface area (Å²) in [5.41, 5.74) is 1.18. The number of aromatic nitrogens is 3. The van der Waals surface area contributed by atoms with Crippen LogP contribution in [0.1, 0.15) is 60.3 Å². The van der Waals surface area contributed by atoms with Gasteiger partial charge in [0.15, 0.2) is 5.65 Å². The molecule has 1 aliphatic rings. The molecule has 5 rings (SSSR count). The predicted molar refractivity (Wildman–Crippen MR) is 124 cm³/mol. The number of nitrogens with one attached hydrogen (secondary N) is 2. The predicted octanol–water partition coefficient (Wildman–Crippen LogP) is 3.63. The van der Waals surface area contributed by atoms with E-state index in [4.69, 9.17) is 0 Å². The molecule has 7 heteroatoms. The maximum absolute atomic E-state index is 13.4. The fourth-order valence-corrected chi connectivity index (χ4v) is 4.33. The molecule has 1 unspecified atom stereocenters. The number of pyridine rings is 1. The first kappa shape index (κ1) is 20.2. The minimum atomic E-state index is -0.590. The Bertz CT molecular complexity index is 1480. The number of hydrogen-bond acceptors (Lipinski definition) is 4. The van der Waals surface area contributed by atoms with Crippen molar-refractivity contribution in [1.29, 1.82) is 0 Å². The van der Waals surface area contributed by atoms with Gasteiger partial charge in [-0.15, -0.1) is 0 Å². The average Bonchev–Trinajstić information content (AvgIpc) is 3.63. The van der Waals surface area contributed by atoms with Crippen LogP contribution in [0.15, 0.2) is 58.1 Å². The van der Waals surface area contributed by atoms with E-state index in [9.17, 15) is 14.4 Å². The van der Waals surface area contributed by atoms with Crippen molar-refractivity contribution in [2.75, 3.05) is 0 Å². The maximum Gasteiger partial charge on any atom is 0.329 e. The number of carbonyl (C=O) groups is 1. The zero-order chi connectivity index (χ0) is 22.4. The molecule has 4 aromatic rings. The van der Waals surface area contributed by atoms with Crippen molar-refractivity contribution in [2.24, 2.45) is 0 Å². The number of benzene rings is 2. The van der Waals surface area contributed by atoms with Crippen molar-refractivity contribution in [1.82, 2.24) is 19.9 Å². The number of amides is 1. The normalized spacial score (nSPS) is 14.6. The van der Waals surface area contributed by atoms with Gasteiger partial charge >= 0.3 is 5.69 Å². The lowest BCUT2D eigenvalue weighted by Gasteiger charge is -2.18. The van der Waals surface area contributed by atoms with Crippen LogP contribution in [0.2, 0.25) is 0 Å². The van der Waals surface area contributed by atoms with Gasteiger partial charge in [-0.3, -0.25) is 19.1 Å². The van der Waals surface area contributed by atoms with Crippen LogP contribution in [-0.4, -0.2) is 20.4 Å². The quantitative estimate of drug-likeness (QED) is 0.507. The molecule has 0 saturated heterocycles. The fraction of sp³-hybridized carbons (Fsp3) is 0.280. The van der Waals surface area contributed by atoms with Crippen molar-refractivity contribution < 1.29 is 4.79 Å². The van der Waals surface area contributed by atoms with Gasteiger partial charge in [-0.05, 0) is 49.1 Å². The number of aryl methyl sites for hydroxylation is 1. The summed E-state index contributed by atoms with van der Waals surface area (Å²) >= 11 is 0. The van der Waals surface area contributed by atoms with Gasteiger partial charge in [0, 0.05) is 18.2 Å². The SMILES string of the molecule is CCn1c(=O)[nH]c(=O)c2c(C(=O)NC(C)c3cccc4ccccc34)cc(C3CC3)nc21. The van der Waals surface area contributed by atoms with Crippen molar-refractivity contribution >= 4 is 27.7 Å². The lowest BCUT2D eigenvalue weighted by Crippen LogP contribution is -2.33. The smallest absolute Gasteiger partial charge is 0.329 e. The highest BCUT2D eigenvalue weighted by Crippen LogP contribution is 2.40. The molecule has 1 saturated carbocycles. The fourth-order valence-electron chi connectivity index (χ4n) is 4.33. The molecule has 2 N–H and O–H groups in total. The molecule has 162 valence electrons. The van der Waals surface area contributed by atoms with Crippen LogP contribution in [0.3, 0.4) is 0 Å². The van der Waals surface area contributed by atoms with E-state index in [2.05, 4.69) is 15.3 Å². The Kier molecular flexibility index (Phi) is 4.89. The Morgan fingerprint density at radius 2 is 1.94 bits per heavy atom. The number of fused-ring (bicyclic) bond motifs is 2. The van der Waals surface area contributed by atoms with Crippen LogP contribution in [-0.2, 0) is 6.54 Å². The summed E-state index contributed by atoms with van der Waals surface area (Å²) < 4.78 is 1.41. The molecule has 2 aromatic heterocycles. The molecular formula is C25H24N4O3. The maximum atomic E-state index is 13.4. The van der Waals surface area contributed by atoms with Crippen LogP contribution in [0.5, 0.6) is 0 Å². The van der Waals surface area contributed by atoms with Gasteiger partial charge in [0.25, 0.3) is 11.5 Å². The molecular weight excluding hydrogens is 404 g/mol. The summed E-state index contributed by atoms with van der Waals surface area (Å²) in [4.78, 5) is 45.4. The lowest BCUT2D eigenvalue weighted by molar-refractivity contribution is 0.0941. The summed E-state index contributed by atoms with van der Waals surface area (Å²) in [6, 6.07) is 15.5. The molecule has 1 amide bonds. The third-order valence-electron chi connectivity index (χ3n) is 6.16. The molecule has 2 heterocycles. The van der Waals surface area contributed by atoms with Gasteiger partial charge in [0.05, 0.1) is 17.0 Å².